The van der Waals surface area contributed by atoms with E-state index in [1.54, 1.807) is 0 Å². The summed E-state index contributed by atoms with van der Waals surface area (Å²) in [5.41, 5.74) is 12.2. The van der Waals surface area contributed by atoms with Gasteiger partial charge in [0.15, 0.2) is 0 Å². The molecule has 0 N–H and O–H groups in total. The molecule has 0 bridgehead atoms. The Bertz CT molecular complexity index is 3130. The first-order chi connectivity index (χ1) is 25.3. The molecule has 0 saturated carbocycles. The highest BCUT2D eigenvalue weighted by Gasteiger charge is 2.22. The van der Waals surface area contributed by atoms with Gasteiger partial charge < -0.3 is 9.13 Å². The molecule has 8 aromatic carbocycles. The average Bonchev–Trinajstić information content (AvgIpc) is 3.86. The average molecular weight is 667 g/mol. The van der Waals surface area contributed by atoms with Gasteiger partial charge in [-0.15, -0.1) is 11.3 Å². The molecule has 0 saturated heterocycles. The Balaban J connectivity index is 1.21. The van der Waals surface area contributed by atoms with Gasteiger partial charge in [0.2, 0.25) is 0 Å². The summed E-state index contributed by atoms with van der Waals surface area (Å²) >= 11 is 1.91. The van der Waals surface area contributed by atoms with E-state index in [1.165, 1.54) is 91.7 Å². The molecule has 0 amide bonds. The Labute approximate surface area is 298 Å². The van der Waals surface area contributed by atoms with E-state index >= 15 is 0 Å². The van der Waals surface area contributed by atoms with Crippen molar-refractivity contribution in [2.75, 3.05) is 0 Å². The molecule has 0 aliphatic carbocycles. The van der Waals surface area contributed by atoms with Crippen LogP contribution in [0.15, 0.2) is 182 Å². The number of hydrogen-bond acceptors (Lipinski definition) is 1. The molecule has 0 unspecified atom stereocenters. The molecular weight excluding hydrogens is 637 g/mol. The fraction of sp³-hybridized carbons (Fsp3) is 0. The van der Waals surface area contributed by atoms with Crippen LogP contribution in [-0.4, -0.2) is 9.13 Å². The third kappa shape index (κ3) is 4.22. The van der Waals surface area contributed by atoms with Gasteiger partial charge in [-0.1, -0.05) is 121 Å². The van der Waals surface area contributed by atoms with Crippen molar-refractivity contribution in [1.29, 1.82) is 0 Å². The third-order valence-electron chi connectivity index (χ3n) is 10.5. The van der Waals surface area contributed by atoms with Gasteiger partial charge >= 0.3 is 0 Å². The lowest BCUT2D eigenvalue weighted by Crippen LogP contribution is -1.94. The largest absolute Gasteiger partial charge is 0.309 e. The molecule has 0 radical (unpaired) electrons. The smallest absolute Gasteiger partial charge is 0.0720 e. The van der Waals surface area contributed by atoms with Crippen molar-refractivity contribution < 1.29 is 0 Å². The van der Waals surface area contributed by atoms with Crippen molar-refractivity contribution in [3.8, 4) is 33.6 Å². The first-order valence-corrected chi connectivity index (χ1v) is 18.3. The second kappa shape index (κ2) is 11.0. The Hall–Kier alpha value is -6.42. The minimum absolute atomic E-state index is 1.16. The highest BCUT2D eigenvalue weighted by Crippen LogP contribution is 2.48. The van der Waals surface area contributed by atoms with E-state index in [2.05, 4.69) is 191 Å². The van der Waals surface area contributed by atoms with Crippen molar-refractivity contribution in [1.82, 2.24) is 9.13 Å². The molecule has 0 aliphatic rings. The topological polar surface area (TPSA) is 9.86 Å². The molecule has 3 aromatic heterocycles. The fourth-order valence-electron chi connectivity index (χ4n) is 8.28. The van der Waals surface area contributed by atoms with Gasteiger partial charge in [0.1, 0.15) is 0 Å². The number of fused-ring (bicyclic) bond motifs is 10. The van der Waals surface area contributed by atoms with Crippen molar-refractivity contribution in [3.05, 3.63) is 182 Å². The molecule has 0 spiro atoms. The van der Waals surface area contributed by atoms with Crippen LogP contribution in [0.3, 0.4) is 0 Å². The lowest BCUT2D eigenvalue weighted by molar-refractivity contribution is 1.18. The monoisotopic (exact) mass is 666 g/mol. The maximum atomic E-state index is 2.46. The highest BCUT2D eigenvalue weighted by molar-refractivity contribution is 7.26. The maximum Gasteiger partial charge on any atom is 0.0720 e. The summed E-state index contributed by atoms with van der Waals surface area (Å²) in [4.78, 5) is 0. The molecular formula is C48H30N2S. The fourth-order valence-corrected chi connectivity index (χ4v) is 9.54. The zero-order valence-corrected chi connectivity index (χ0v) is 28.4. The lowest BCUT2D eigenvalue weighted by atomic mass is 9.95. The van der Waals surface area contributed by atoms with Crippen molar-refractivity contribution >= 4 is 75.1 Å². The standard InChI is InChI=1S/C48H30N2S/c1-3-14-31(15-4-1)32-16-13-19-35(28-32)49-42-23-10-7-20-36(42)40-29-33(26-27-44(40)49)39-30-41-37-21-8-11-24-43(37)50(34-17-5-2-6-18-34)47(41)48-46(39)38-22-9-12-25-45(38)51-48/h1-30H. The van der Waals surface area contributed by atoms with Crippen LogP contribution in [0.1, 0.15) is 0 Å². The summed E-state index contributed by atoms with van der Waals surface area (Å²) in [6.07, 6.45) is 0. The number of aromatic nitrogens is 2. The molecule has 0 fully saturated rings. The van der Waals surface area contributed by atoms with Crippen LogP contribution in [0, 0.1) is 0 Å². The van der Waals surface area contributed by atoms with E-state index in [0.717, 1.165) is 5.69 Å². The van der Waals surface area contributed by atoms with Crippen LogP contribution in [0.4, 0.5) is 0 Å². The van der Waals surface area contributed by atoms with Gasteiger partial charge in [-0.05, 0) is 82.9 Å². The van der Waals surface area contributed by atoms with Crippen molar-refractivity contribution in [3.63, 3.8) is 0 Å². The zero-order valence-electron chi connectivity index (χ0n) is 27.6. The molecule has 3 heterocycles. The molecule has 3 heteroatoms. The molecule has 51 heavy (non-hydrogen) atoms. The van der Waals surface area contributed by atoms with Crippen molar-refractivity contribution in [2.24, 2.45) is 0 Å². The number of hydrogen-bond donors (Lipinski definition) is 0. The Morgan fingerprint density at radius 1 is 0.353 bits per heavy atom. The second-order valence-corrected chi connectivity index (χ2v) is 14.4. The van der Waals surface area contributed by atoms with Crippen LogP contribution in [0.25, 0.3) is 97.4 Å². The van der Waals surface area contributed by atoms with Crippen LogP contribution in [0.5, 0.6) is 0 Å². The number of thiophene rings is 1. The van der Waals surface area contributed by atoms with Crippen LogP contribution < -0.4 is 0 Å². The summed E-state index contributed by atoms with van der Waals surface area (Å²) < 4.78 is 7.52. The first kappa shape index (κ1) is 28.4. The molecule has 0 aliphatic heterocycles. The predicted molar refractivity (Wildman–Crippen MR) is 219 cm³/mol. The van der Waals surface area contributed by atoms with E-state index in [1.807, 2.05) is 11.3 Å². The van der Waals surface area contributed by atoms with E-state index < -0.39 is 0 Å². The maximum absolute atomic E-state index is 2.46. The van der Waals surface area contributed by atoms with Gasteiger partial charge in [-0.2, -0.15) is 0 Å². The molecule has 11 rings (SSSR count). The lowest BCUT2D eigenvalue weighted by Gasteiger charge is -2.12. The molecule has 0 atom stereocenters. The summed E-state index contributed by atoms with van der Waals surface area (Å²) in [6.45, 7) is 0. The number of para-hydroxylation sites is 3. The zero-order chi connectivity index (χ0) is 33.5. The van der Waals surface area contributed by atoms with Gasteiger partial charge in [0.25, 0.3) is 0 Å². The number of nitrogens with zero attached hydrogens (tertiary/aromatic N) is 2. The second-order valence-electron chi connectivity index (χ2n) is 13.3. The highest BCUT2D eigenvalue weighted by atomic mass is 32.1. The van der Waals surface area contributed by atoms with Gasteiger partial charge in [-0.25, -0.2) is 0 Å². The summed E-state index contributed by atoms with van der Waals surface area (Å²) in [5.74, 6) is 0. The van der Waals surface area contributed by atoms with Crippen LogP contribution in [-0.2, 0) is 0 Å². The Kier molecular flexibility index (Phi) is 6.16. The molecule has 2 nitrogen and oxygen atoms in total. The Morgan fingerprint density at radius 3 is 1.76 bits per heavy atom. The SMILES string of the molecule is c1ccc(-c2cccc(-n3c4ccccc4c4cc(-c5cc6c7ccccc7n(-c7ccccc7)c6c6sc7ccccc7c56)ccc43)c2)cc1. The summed E-state index contributed by atoms with van der Waals surface area (Å²) in [7, 11) is 0. The molecule has 11 aromatic rings. The number of rotatable bonds is 4. The van der Waals surface area contributed by atoms with Gasteiger partial charge in [0, 0.05) is 48.4 Å². The molecule has 238 valence electrons. The Morgan fingerprint density at radius 2 is 0.961 bits per heavy atom. The minimum Gasteiger partial charge on any atom is -0.309 e. The van der Waals surface area contributed by atoms with Crippen molar-refractivity contribution in [2.45, 2.75) is 0 Å². The van der Waals surface area contributed by atoms with Gasteiger partial charge in [-0.3, -0.25) is 0 Å². The van der Waals surface area contributed by atoms with E-state index in [0.29, 0.717) is 0 Å². The summed E-state index contributed by atoms with van der Waals surface area (Å²) in [6, 6.07) is 66.5. The number of benzene rings is 8. The first-order valence-electron chi connectivity index (χ1n) is 17.4. The van der Waals surface area contributed by atoms with E-state index in [9.17, 15) is 0 Å². The van der Waals surface area contributed by atoms with Crippen LogP contribution in [0.2, 0.25) is 0 Å². The van der Waals surface area contributed by atoms with Gasteiger partial charge in [0.05, 0.1) is 26.8 Å². The van der Waals surface area contributed by atoms with E-state index in [4.69, 9.17) is 0 Å². The van der Waals surface area contributed by atoms with E-state index in [-0.39, 0.29) is 0 Å². The quantitative estimate of drug-likeness (QED) is 0.177. The predicted octanol–water partition coefficient (Wildman–Crippen LogP) is 13.6. The van der Waals surface area contributed by atoms with Crippen LogP contribution >= 0.6 is 11.3 Å². The minimum atomic E-state index is 1.16. The summed E-state index contributed by atoms with van der Waals surface area (Å²) in [5, 5.41) is 7.69. The normalized spacial score (nSPS) is 11.9. The third-order valence-corrected chi connectivity index (χ3v) is 11.7.